The molecule has 1 saturated carbocycles. The molecule has 2 aliphatic rings. The number of amides is 1. The fraction of sp³-hybridized carbons (Fsp3) is 0.556. The van der Waals surface area contributed by atoms with Crippen LogP contribution < -0.4 is 15.8 Å². The van der Waals surface area contributed by atoms with Gasteiger partial charge >= 0.3 is 0 Å². The highest BCUT2D eigenvalue weighted by Gasteiger charge is 2.31. The van der Waals surface area contributed by atoms with Crippen LogP contribution in [0, 0.1) is 5.92 Å². The normalized spacial score (nSPS) is 23.1. The summed E-state index contributed by atoms with van der Waals surface area (Å²) in [6, 6.07) is 5.84. The van der Waals surface area contributed by atoms with Crippen LogP contribution in [0.4, 0.5) is 0 Å². The van der Waals surface area contributed by atoms with Crippen LogP contribution in [0.2, 0.25) is 0 Å². The zero-order chi connectivity index (χ0) is 18.7. The van der Waals surface area contributed by atoms with Crippen molar-refractivity contribution >= 4 is 21.8 Å². The Morgan fingerprint density at radius 1 is 1.31 bits per heavy atom. The second-order valence-corrected chi connectivity index (χ2v) is 8.66. The zero-order valence-corrected chi connectivity index (χ0v) is 15.8. The van der Waals surface area contributed by atoms with E-state index in [2.05, 4.69) is 15.0 Å². The Kier molecular flexibility index (Phi) is 5.62. The molecule has 0 spiro atoms. The molecule has 4 N–H and O–H groups in total. The van der Waals surface area contributed by atoms with Crippen LogP contribution in [-0.4, -0.2) is 38.8 Å². The number of nitrogens with one attached hydrogen (secondary N) is 2. The van der Waals surface area contributed by atoms with Crippen molar-refractivity contribution in [1.82, 2.24) is 10.0 Å². The lowest BCUT2D eigenvalue weighted by Crippen LogP contribution is -2.48. The quantitative estimate of drug-likeness (QED) is 0.713. The number of nitrogens with two attached hydrogens (primary N) is 1. The van der Waals surface area contributed by atoms with Gasteiger partial charge in [-0.15, -0.1) is 0 Å². The van der Waals surface area contributed by atoms with Crippen molar-refractivity contribution in [3.05, 3.63) is 29.8 Å². The Morgan fingerprint density at radius 2 is 2.00 bits per heavy atom. The number of hydrogen-bond donors (Lipinski definition) is 3. The van der Waals surface area contributed by atoms with Crippen molar-refractivity contribution in [2.75, 3.05) is 6.54 Å². The molecule has 1 aliphatic heterocycles. The molecule has 2 unspecified atom stereocenters. The van der Waals surface area contributed by atoms with Crippen molar-refractivity contribution in [2.45, 2.75) is 56.0 Å². The second kappa shape index (κ2) is 7.75. The molecule has 0 aromatic heterocycles. The summed E-state index contributed by atoms with van der Waals surface area (Å²) in [4.78, 5) is 17.1. The predicted octanol–water partition coefficient (Wildman–Crippen LogP) is 1.14. The van der Waals surface area contributed by atoms with Gasteiger partial charge in [-0.1, -0.05) is 31.4 Å². The number of carbonyl (C=O) groups excluding carboxylic acids is 1. The van der Waals surface area contributed by atoms with E-state index in [0.29, 0.717) is 18.0 Å². The SMILES string of the molecule is CC(N=C1NS(=O)(=O)c2ccccc21)C(=O)NC(CN)C1CCCCC1. The van der Waals surface area contributed by atoms with Crippen LogP contribution in [0.15, 0.2) is 34.2 Å². The molecule has 26 heavy (non-hydrogen) atoms. The van der Waals surface area contributed by atoms with E-state index in [0.717, 1.165) is 12.8 Å². The minimum absolute atomic E-state index is 0.0574. The summed E-state index contributed by atoms with van der Waals surface area (Å²) in [5, 5.41) is 3.01. The smallest absolute Gasteiger partial charge is 0.263 e. The average molecular weight is 378 g/mol. The van der Waals surface area contributed by atoms with Crippen LogP contribution in [0.25, 0.3) is 0 Å². The topological polar surface area (TPSA) is 114 Å². The van der Waals surface area contributed by atoms with E-state index in [-0.39, 0.29) is 22.7 Å². The van der Waals surface area contributed by atoms with Crippen LogP contribution in [0.5, 0.6) is 0 Å². The summed E-state index contributed by atoms with van der Waals surface area (Å²) in [6.07, 6.45) is 5.75. The van der Waals surface area contributed by atoms with Gasteiger partial charge in [-0.05, 0) is 37.8 Å². The van der Waals surface area contributed by atoms with Crippen molar-refractivity contribution in [2.24, 2.45) is 16.6 Å². The standard InChI is InChI=1S/C18H26N4O3S/c1-12(18(23)21-15(11-19)13-7-3-2-4-8-13)20-17-14-9-5-6-10-16(14)26(24,25)22-17/h5-6,9-10,12-13,15H,2-4,7-8,11,19H2,1H3,(H,20,22)(H,21,23). The first-order valence-corrected chi connectivity index (χ1v) is 10.6. The number of sulfonamides is 1. The summed E-state index contributed by atoms with van der Waals surface area (Å²) in [7, 11) is -3.60. The fourth-order valence-corrected chi connectivity index (χ4v) is 4.93. The molecule has 8 heteroatoms. The molecule has 142 valence electrons. The Balaban J connectivity index is 1.72. The zero-order valence-electron chi connectivity index (χ0n) is 14.9. The van der Waals surface area contributed by atoms with Crippen LogP contribution in [0.1, 0.15) is 44.6 Å². The van der Waals surface area contributed by atoms with E-state index < -0.39 is 16.1 Å². The first kappa shape index (κ1) is 18.8. The lowest BCUT2D eigenvalue weighted by atomic mass is 9.84. The third-order valence-electron chi connectivity index (χ3n) is 5.17. The highest BCUT2D eigenvalue weighted by Crippen LogP contribution is 2.26. The minimum Gasteiger partial charge on any atom is -0.350 e. The van der Waals surface area contributed by atoms with Gasteiger partial charge < -0.3 is 11.1 Å². The molecule has 1 heterocycles. The maximum Gasteiger partial charge on any atom is 0.263 e. The van der Waals surface area contributed by atoms with Gasteiger partial charge in [0.05, 0.1) is 4.90 Å². The molecule has 1 aromatic carbocycles. The number of aliphatic imine (C=N–C) groups is 1. The van der Waals surface area contributed by atoms with Gasteiger partial charge in [-0.3, -0.25) is 14.5 Å². The average Bonchev–Trinajstić information content (AvgIpc) is 2.91. The largest absolute Gasteiger partial charge is 0.350 e. The first-order chi connectivity index (χ1) is 12.4. The Labute approximate surface area is 154 Å². The molecule has 1 amide bonds. The van der Waals surface area contributed by atoms with E-state index in [4.69, 9.17) is 5.73 Å². The fourth-order valence-electron chi connectivity index (χ4n) is 3.69. The van der Waals surface area contributed by atoms with Crippen LogP contribution in [-0.2, 0) is 14.8 Å². The third kappa shape index (κ3) is 3.91. The Morgan fingerprint density at radius 3 is 2.69 bits per heavy atom. The second-order valence-electron chi connectivity index (χ2n) is 7.00. The van der Waals surface area contributed by atoms with Gasteiger partial charge in [0.15, 0.2) is 0 Å². The maximum atomic E-state index is 12.6. The summed E-state index contributed by atoms with van der Waals surface area (Å²) in [6.45, 7) is 2.06. The molecule has 1 fully saturated rings. The van der Waals surface area contributed by atoms with Gasteiger partial charge in [0.1, 0.15) is 11.9 Å². The Hall–Kier alpha value is -1.93. The van der Waals surface area contributed by atoms with E-state index in [1.54, 1.807) is 25.1 Å². The summed E-state index contributed by atoms with van der Waals surface area (Å²) in [5.74, 6) is 0.385. The number of rotatable bonds is 5. The van der Waals surface area contributed by atoms with Crippen molar-refractivity contribution in [1.29, 1.82) is 0 Å². The summed E-state index contributed by atoms with van der Waals surface area (Å²) in [5.41, 5.74) is 6.37. The van der Waals surface area contributed by atoms with Gasteiger partial charge in [-0.25, -0.2) is 8.42 Å². The molecule has 0 radical (unpaired) electrons. The van der Waals surface area contributed by atoms with E-state index in [9.17, 15) is 13.2 Å². The number of amidine groups is 1. The first-order valence-electron chi connectivity index (χ1n) is 9.13. The third-order valence-corrected chi connectivity index (χ3v) is 6.56. The number of nitrogens with zero attached hydrogens (tertiary/aromatic N) is 1. The van der Waals surface area contributed by atoms with E-state index in [1.807, 2.05) is 0 Å². The monoisotopic (exact) mass is 378 g/mol. The number of carbonyl (C=O) groups is 1. The maximum absolute atomic E-state index is 12.6. The molecule has 2 atom stereocenters. The van der Waals surface area contributed by atoms with E-state index >= 15 is 0 Å². The number of hydrogen-bond acceptors (Lipinski definition) is 5. The molecule has 3 rings (SSSR count). The van der Waals surface area contributed by atoms with Gasteiger partial charge in [-0.2, -0.15) is 0 Å². The number of fused-ring (bicyclic) bond motifs is 1. The molecule has 1 aliphatic carbocycles. The molecular weight excluding hydrogens is 352 g/mol. The molecule has 0 saturated heterocycles. The lowest BCUT2D eigenvalue weighted by Gasteiger charge is -2.30. The van der Waals surface area contributed by atoms with Gasteiger partial charge in [0.2, 0.25) is 5.91 Å². The van der Waals surface area contributed by atoms with Gasteiger partial charge in [0.25, 0.3) is 10.0 Å². The highest BCUT2D eigenvalue weighted by molar-refractivity contribution is 7.90. The summed E-state index contributed by atoms with van der Waals surface area (Å²) < 4.78 is 26.7. The minimum atomic E-state index is -3.60. The van der Waals surface area contributed by atoms with Crippen molar-refractivity contribution < 1.29 is 13.2 Å². The van der Waals surface area contributed by atoms with Crippen LogP contribution >= 0.6 is 0 Å². The lowest BCUT2D eigenvalue weighted by molar-refractivity contribution is -0.123. The number of benzene rings is 1. The highest BCUT2D eigenvalue weighted by atomic mass is 32.2. The Bertz CT molecular complexity index is 800. The summed E-state index contributed by atoms with van der Waals surface area (Å²) >= 11 is 0. The molecule has 0 bridgehead atoms. The van der Waals surface area contributed by atoms with E-state index in [1.165, 1.54) is 25.3 Å². The molecule has 7 nitrogen and oxygen atoms in total. The van der Waals surface area contributed by atoms with Gasteiger partial charge in [0, 0.05) is 18.2 Å². The molecule has 1 aromatic rings. The van der Waals surface area contributed by atoms with Crippen LogP contribution in [0.3, 0.4) is 0 Å². The predicted molar refractivity (Wildman–Crippen MR) is 100 cm³/mol. The van der Waals surface area contributed by atoms with Crippen molar-refractivity contribution in [3.63, 3.8) is 0 Å². The molecular formula is C18H26N4O3S. The van der Waals surface area contributed by atoms with Crippen molar-refractivity contribution in [3.8, 4) is 0 Å².